The van der Waals surface area contributed by atoms with Gasteiger partial charge in [-0.05, 0) is 37.5 Å². The van der Waals surface area contributed by atoms with Crippen molar-refractivity contribution in [1.29, 1.82) is 0 Å². The minimum atomic E-state index is -0.818. The summed E-state index contributed by atoms with van der Waals surface area (Å²) in [6.45, 7) is 3.16. The van der Waals surface area contributed by atoms with Gasteiger partial charge in [-0.3, -0.25) is 0 Å². The summed E-state index contributed by atoms with van der Waals surface area (Å²) in [4.78, 5) is 0. The molecule has 1 aliphatic carbocycles. The van der Waals surface area contributed by atoms with Crippen LogP contribution in [-0.4, -0.2) is 29.9 Å². The molecule has 2 rings (SSSR count). The van der Waals surface area contributed by atoms with Crippen LogP contribution in [0.15, 0.2) is 24.3 Å². The number of nitrogens with one attached hydrogen (secondary N) is 1. The topological polar surface area (TPSA) is 41.5 Å². The second-order valence-electron chi connectivity index (χ2n) is 5.27. The Hall–Kier alpha value is -0.610. The van der Waals surface area contributed by atoms with Gasteiger partial charge in [0.15, 0.2) is 0 Å². The molecule has 1 aliphatic rings. The van der Waals surface area contributed by atoms with Crippen molar-refractivity contribution in [1.82, 2.24) is 5.32 Å². The Morgan fingerprint density at radius 1 is 1.50 bits per heavy atom. The third-order valence-corrected chi connectivity index (χ3v) is 3.15. The molecule has 0 saturated heterocycles. The highest BCUT2D eigenvalue weighted by Crippen LogP contribution is 2.19. The molecule has 4 heteroatoms. The van der Waals surface area contributed by atoms with Gasteiger partial charge < -0.3 is 15.2 Å². The molecule has 1 fully saturated rings. The van der Waals surface area contributed by atoms with Crippen LogP contribution in [0.25, 0.3) is 0 Å². The molecule has 100 valence electrons. The molecule has 1 atom stereocenters. The SMILES string of the molecule is CC(O)(CNC1CC1)COCc1cccc(Cl)c1. The lowest BCUT2D eigenvalue weighted by Crippen LogP contribution is -2.42. The number of aliphatic hydroxyl groups is 1. The van der Waals surface area contributed by atoms with E-state index in [9.17, 15) is 5.11 Å². The second-order valence-corrected chi connectivity index (χ2v) is 5.71. The predicted molar refractivity (Wildman–Crippen MR) is 72.8 cm³/mol. The summed E-state index contributed by atoms with van der Waals surface area (Å²) in [5, 5.41) is 14.1. The quantitative estimate of drug-likeness (QED) is 0.799. The summed E-state index contributed by atoms with van der Waals surface area (Å²) in [5.41, 5.74) is 0.203. The Kier molecular flexibility index (Phi) is 4.62. The summed E-state index contributed by atoms with van der Waals surface area (Å²) in [6.07, 6.45) is 2.44. The molecule has 0 amide bonds. The summed E-state index contributed by atoms with van der Waals surface area (Å²) in [6, 6.07) is 8.17. The highest BCUT2D eigenvalue weighted by Gasteiger charge is 2.26. The van der Waals surface area contributed by atoms with E-state index in [2.05, 4.69) is 5.32 Å². The van der Waals surface area contributed by atoms with E-state index in [1.807, 2.05) is 24.3 Å². The van der Waals surface area contributed by atoms with E-state index in [-0.39, 0.29) is 0 Å². The molecule has 0 aliphatic heterocycles. The van der Waals surface area contributed by atoms with Gasteiger partial charge in [0.25, 0.3) is 0 Å². The molecule has 18 heavy (non-hydrogen) atoms. The van der Waals surface area contributed by atoms with Crippen LogP contribution in [0.1, 0.15) is 25.3 Å². The molecule has 2 N–H and O–H groups in total. The zero-order chi connectivity index (χ0) is 13.0. The first-order valence-corrected chi connectivity index (χ1v) is 6.71. The van der Waals surface area contributed by atoms with Crippen molar-refractivity contribution in [2.24, 2.45) is 0 Å². The molecule has 1 aromatic carbocycles. The minimum Gasteiger partial charge on any atom is -0.386 e. The maximum Gasteiger partial charge on any atom is 0.0975 e. The lowest BCUT2D eigenvalue weighted by Gasteiger charge is -2.23. The zero-order valence-corrected chi connectivity index (χ0v) is 11.4. The second kappa shape index (κ2) is 6.02. The number of benzene rings is 1. The predicted octanol–water partition coefficient (Wildman–Crippen LogP) is 2.36. The molecule has 1 saturated carbocycles. The fourth-order valence-electron chi connectivity index (χ4n) is 1.72. The highest BCUT2D eigenvalue weighted by atomic mass is 35.5. The van der Waals surface area contributed by atoms with E-state index in [1.165, 1.54) is 12.8 Å². The van der Waals surface area contributed by atoms with E-state index in [0.717, 1.165) is 5.56 Å². The highest BCUT2D eigenvalue weighted by molar-refractivity contribution is 6.30. The summed E-state index contributed by atoms with van der Waals surface area (Å²) in [5.74, 6) is 0. The van der Waals surface area contributed by atoms with E-state index in [1.54, 1.807) is 6.92 Å². The number of hydrogen-bond donors (Lipinski definition) is 2. The molecule has 1 unspecified atom stereocenters. The first kappa shape index (κ1) is 13.8. The number of hydrogen-bond acceptors (Lipinski definition) is 3. The van der Waals surface area contributed by atoms with Crippen molar-refractivity contribution in [2.45, 2.75) is 38.0 Å². The van der Waals surface area contributed by atoms with E-state index in [0.29, 0.717) is 30.8 Å². The van der Waals surface area contributed by atoms with Crippen LogP contribution >= 0.6 is 11.6 Å². The van der Waals surface area contributed by atoms with Gasteiger partial charge >= 0.3 is 0 Å². The smallest absolute Gasteiger partial charge is 0.0975 e. The van der Waals surface area contributed by atoms with E-state index in [4.69, 9.17) is 16.3 Å². The van der Waals surface area contributed by atoms with Crippen molar-refractivity contribution < 1.29 is 9.84 Å². The number of ether oxygens (including phenoxy) is 1. The number of halogens is 1. The van der Waals surface area contributed by atoms with Gasteiger partial charge in [-0.15, -0.1) is 0 Å². The van der Waals surface area contributed by atoms with Crippen LogP contribution in [0.2, 0.25) is 5.02 Å². The van der Waals surface area contributed by atoms with Gasteiger partial charge in [0.1, 0.15) is 0 Å². The third-order valence-electron chi connectivity index (χ3n) is 2.92. The molecule has 1 aromatic rings. The minimum absolute atomic E-state index is 0.319. The Morgan fingerprint density at radius 2 is 2.28 bits per heavy atom. The average molecular weight is 270 g/mol. The third kappa shape index (κ3) is 4.94. The Labute approximate surface area is 113 Å². The van der Waals surface area contributed by atoms with Crippen LogP contribution in [-0.2, 0) is 11.3 Å². The number of rotatable bonds is 7. The Bertz CT molecular complexity index is 391. The Morgan fingerprint density at radius 3 is 2.94 bits per heavy atom. The molecular formula is C14H20ClNO2. The van der Waals surface area contributed by atoms with Crippen LogP contribution in [0.4, 0.5) is 0 Å². The van der Waals surface area contributed by atoms with Gasteiger partial charge in [-0.2, -0.15) is 0 Å². The largest absolute Gasteiger partial charge is 0.386 e. The average Bonchev–Trinajstić information content (AvgIpc) is 3.10. The normalized spacial score (nSPS) is 18.6. The van der Waals surface area contributed by atoms with Crippen LogP contribution in [0.5, 0.6) is 0 Å². The lowest BCUT2D eigenvalue weighted by atomic mass is 10.1. The van der Waals surface area contributed by atoms with Crippen molar-refractivity contribution in [2.75, 3.05) is 13.2 Å². The van der Waals surface area contributed by atoms with E-state index >= 15 is 0 Å². The summed E-state index contributed by atoms with van der Waals surface area (Å²) in [7, 11) is 0. The van der Waals surface area contributed by atoms with Crippen molar-refractivity contribution in [3.05, 3.63) is 34.9 Å². The molecule has 0 heterocycles. The standard InChI is InChI=1S/C14H20ClNO2/c1-14(17,9-16-13-5-6-13)10-18-8-11-3-2-4-12(15)7-11/h2-4,7,13,16-17H,5-6,8-10H2,1H3. The monoisotopic (exact) mass is 269 g/mol. The summed E-state index contributed by atoms with van der Waals surface area (Å²) < 4.78 is 5.54. The van der Waals surface area contributed by atoms with Crippen LogP contribution < -0.4 is 5.32 Å². The Balaban J connectivity index is 1.69. The van der Waals surface area contributed by atoms with Crippen molar-refractivity contribution >= 4 is 11.6 Å². The van der Waals surface area contributed by atoms with E-state index < -0.39 is 5.60 Å². The molecule has 0 bridgehead atoms. The van der Waals surface area contributed by atoms with Gasteiger partial charge in [-0.25, -0.2) is 0 Å². The van der Waals surface area contributed by atoms with Gasteiger partial charge in [0.05, 0.1) is 18.8 Å². The first-order valence-electron chi connectivity index (χ1n) is 6.33. The zero-order valence-electron chi connectivity index (χ0n) is 10.7. The molecule has 0 aromatic heterocycles. The van der Waals surface area contributed by atoms with Crippen molar-refractivity contribution in [3.63, 3.8) is 0 Å². The molecular weight excluding hydrogens is 250 g/mol. The van der Waals surface area contributed by atoms with Crippen LogP contribution in [0.3, 0.4) is 0 Å². The fraction of sp³-hybridized carbons (Fsp3) is 0.571. The molecule has 0 spiro atoms. The maximum atomic E-state index is 10.1. The van der Waals surface area contributed by atoms with Gasteiger partial charge in [-0.1, -0.05) is 23.7 Å². The fourth-order valence-corrected chi connectivity index (χ4v) is 1.93. The summed E-state index contributed by atoms with van der Waals surface area (Å²) >= 11 is 5.89. The lowest BCUT2D eigenvalue weighted by molar-refractivity contribution is -0.0382. The maximum absolute atomic E-state index is 10.1. The molecule has 3 nitrogen and oxygen atoms in total. The van der Waals surface area contributed by atoms with Crippen molar-refractivity contribution in [3.8, 4) is 0 Å². The van der Waals surface area contributed by atoms with Gasteiger partial charge in [0.2, 0.25) is 0 Å². The first-order chi connectivity index (χ1) is 8.55. The van der Waals surface area contributed by atoms with Gasteiger partial charge in [0, 0.05) is 17.6 Å². The van der Waals surface area contributed by atoms with Crippen LogP contribution in [0, 0.1) is 0 Å². The molecule has 0 radical (unpaired) electrons.